The third-order valence-corrected chi connectivity index (χ3v) is 4.29. The van der Waals surface area contributed by atoms with Gasteiger partial charge in [-0.05, 0) is 36.3 Å². The summed E-state index contributed by atoms with van der Waals surface area (Å²) in [6.45, 7) is 4.05. The van der Waals surface area contributed by atoms with Crippen molar-refractivity contribution in [1.29, 1.82) is 0 Å². The lowest BCUT2D eigenvalue weighted by atomic mass is 10.1. The van der Waals surface area contributed by atoms with E-state index < -0.39 is 0 Å². The number of aliphatic imine (C=N–C) groups is 1. The number of halogens is 1. The van der Waals surface area contributed by atoms with Crippen molar-refractivity contribution < 1.29 is 4.74 Å². The van der Waals surface area contributed by atoms with Gasteiger partial charge in [-0.25, -0.2) is 9.67 Å². The average molecular weight is 484 g/mol. The molecule has 1 heterocycles. The zero-order valence-electron chi connectivity index (χ0n) is 15.8. The Morgan fingerprint density at radius 2 is 2.15 bits per heavy atom. The minimum absolute atomic E-state index is 0. The Labute approximate surface area is 178 Å². The number of ether oxygens (including phenoxy) is 1. The van der Waals surface area contributed by atoms with E-state index in [9.17, 15) is 0 Å². The molecule has 3 rings (SSSR count). The number of nitrogens with one attached hydrogen (secondary N) is 2. The Bertz CT molecular complexity index is 687. The molecule has 1 aromatic carbocycles. The number of aromatic nitrogens is 3. The van der Waals surface area contributed by atoms with Gasteiger partial charge in [0.1, 0.15) is 12.7 Å². The summed E-state index contributed by atoms with van der Waals surface area (Å²) in [7, 11) is 1.79. The summed E-state index contributed by atoms with van der Waals surface area (Å²) in [5.41, 5.74) is 2.41. The highest BCUT2D eigenvalue weighted by Crippen LogP contribution is 2.28. The number of guanidine groups is 1. The minimum Gasteiger partial charge on any atom is -0.381 e. The molecule has 2 aromatic rings. The molecule has 8 heteroatoms. The molecule has 1 saturated carbocycles. The summed E-state index contributed by atoms with van der Waals surface area (Å²) in [5.74, 6) is 1.64. The van der Waals surface area contributed by atoms with Crippen molar-refractivity contribution in [3.05, 3.63) is 48.0 Å². The molecule has 1 fully saturated rings. The molecule has 1 aliphatic rings. The Balaban J connectivity index is 0.00000261. The SMILES string of the molecule is CN=C(NCCCOCC1CC1)NCc1cccc(Cn2cncn2)c1.I. The van der Waals surface area contributed by atoms with Crippen LogP contribution in [0.3, 0.4) is 0 Å². The van der Waals surface area contributed by atoms with Crippen molar-refractivity contribution in [2.24, 2.45) is 10.9 Å². The van der Waals surface area contributed by atoms with Crippen LogP contribution in [0.5, 0.6) is 0 Å². The third-order valence-electron chi connectivity index (χ3n) is 4.29. The molecule has 0 aliphatic heterocycles. The summed E-state index contributed by atoms with van der Waals surface area (Å²) >= 11 is 0. The number of benzene rings is 1. The predicted molar refractivity (Wildman–Crippen MR) is 117 cm³/mol. The van der Waals surface area contributed by atoms with E-state index in [1.54, 1.807) is 19.7 Å². The summed E-state index contributed by atoms with van der Waals surface area (Å²) in [5, 5.41) is 10.8. The van der Waals surface area contributed by atoms with E-state index in [2.05, 4.69) is 50.0 Å². The van der Waals surface area contributed by atoms with Gasteiger partial charge >= 0.3 is 0 Å². The topological polar surface area (TPSA) is 76.4 Å². The standard InChI is InChI=1S/C19H28N6O.HI/c1-20-19(22-8-3-9-26-13-16-6-7-16)23-11-17-4-2-5-18(10-17)12-25-15-21-14-24-25;/h2,4-5,10,14-16H,3,6-9,11-13H2,1H3,(H2,20,22,23);1H. The molecule has 0 spiro atoms. The highest BCUT2D eigenvalue weighted by atomic mass is 127. The van der Waals surface area contributed by atoms with E-state index in [0.717, 1.165) is 51.1 Å². The van der Waals surface area contributed by atoms with Gasteiger partial charge in [0.25, 0.3) is 0 Å². The molecule has 148 valence electrons. The first-order chi connectivity index (χ1) is 12.8. The van der Waals surface area contributed by atoms with Crippen LogP contribution < -0.4 is 10.6 Å². The first-order valence-corrected chi connectivity index (χ1v) is 9.26. The van der Waals surface area contributed by atoms with E-state index in [1.165, 1.54) is 24.0 Å². The lowest BCUT2D eigenvalue weighted by Crippen LogP contribution is -2.37. The predicted octanol–water partition coefficient (Wildman–Crippen LogP) is 2.43. The Morgan fingerprint density at radius 3 is 2.89 bits per heavy atom. The molecule has 1 aromatic heterocycles. The van der Waals surface area contributed by atoms with Crippen LogP contribution >= 0.6 is 24.0 Å². The van der Waals surface area contributed by atoms with E-state index in [-0.39, 0.29) is 24.0 Å². The summed E-state index contributed by atoms with van der Waals surface area (Å²) in [4.78, 5) is 8.25. The van der Waals surface area contributed by atoms with Crippen molar-refractivity contribution in [1.82, 2.24) is 25.4 Å². The van der Waals surface area contributed by atoms with Gasteiger partial charge in [-0.15, -0.1) is 24.0 Å². The van der Waals surface area contributed by atoms with Crippen molar-refractivity contribution in [2.75, 3.05) is 26.8 Å². The van der Waals surface area contributed by atoms with Crippen LogP contribution in [0, 0.1) is 5.92 Å². The quantitative estimate of drug-likeness (QED) is 0.235. The number of hydrogen-bond acceptors (Lipinski definition) is 4. The zero-order chi connectivity index (χ0) is 18.0. The number of nitrogens with zero attached hydrogens (tertiary/aromatic N) is 4. The Kier molecular flexibility index (Phi) is 9.54. The lowest BCUT2D eigenvalue weighted by Gasteiger charge is -2.12. The van der Waals surface area contributed by atoms with Crippen LogP contribution in [0.25, 0.3) is 0 Å². The van der Waals surface area contributed by atoms with Crippen LogP contribution in [-0.4, -0.2) is 47.5 Å². The van der Waals surface area contributed by atoms with Gasteiger partial charge in [0.2, 0.25) is 0 Å². The fourth-order valence-electron chi connectivity index (χ4n) is 2.66. The van der Waals surface area contributed by atoms with E-state index in [0.29, 0.717) is 0 Å². The smallest absolute Gasteiger partial charge is 0.191 e. The van der Waals surface area contributed by atoms with Gasteiger partial charge in [0.15, 0.2) is 5.96 Å². The van der Waals surface area contributed by atoms with Crippen molar-refractivity contribution in [3.63, 3.8) is 0 Å². The fraction of sp³-hybridized carbons (Fsp3) is 0.526. The van der Waals surface area contributed by atoms with Gasteiger partial charge in [0.05, 0.1) is 6.54 Å². The second-order valence-electron chi connectivity index (χ2n) is 6.64. The summed E-state index contributed by atoms with van der Waals surface area (Å²) in [6, 6.07) is 8.45. The number of hydrogen-bond donors (Lipinski definition) is 2. The van der Waals surface area contributed by atoms with Gasteiger partial charge in [-0.1, -0.05) is 24.3 Å². The van der Waals surface area contributed by atoms with Crippen molar-refractivity contribution >= 4 is 29.9 Å². The molecule has 0 unspecified atom stereocenters. The van der Waals surface area contributed by atoms with Crippen LogP contribution in [0.15, 0.2) is 41.9 Å². The van der Waals surface area contributed by atoms with E-state index >= 15 is 0 Å². The molecular weight excluding hydrogens is 455 g/mol. The average Bonchev–Trinajstić information content (AvgIpc) is 3.35. The highest BCUT2D eigenvalue weighted by Gasteiger charge is 2.20. The summed E-state index contributed by atoms with van der Waals surface area (Å²) < 4.78 is 7.46. The van der Waals surface area contributed by atoms with Crippen LogP contribution in [0.1, 0.15) is 30.4 Å². The molecule has 1 aliphatic carbocycles. The fourth-order valence-corrected chi connectivity index (χ4v) is 2.66. The Hall–Kier alpha value is -1.68. The molecule has 0 atom stereocenters. The van der Waals surface area contributed by atoms with Crippen LogP contribution in [0.4, 0.5) is 0 Å². The maximum Gasteiger partial charge on any atom is 0.191 e. The molecule has 0 bridgehead atoms. The van der Waals surface area contributed by atoms with Gasteiger partial charge in [0, 0.05) is 33.4 Å². The molecule has 0 saturated heterocycles. The first kappa shape index (κ1) is 21.6. The normalized spacial score (nSPS) is 13.9. The Morgan fingerprint density at radius 1 is 1.30 bits per heavy atom. The molecule has 0 radical (unpaired) electrons. The zero-order valence-corrected chi connectivity index (χ0v) is 18.1. The maximum absolute atomic E-state index is 5.65. The van der Waals surface area contributed by atoms with Crippen molar-refractivity contribution in [3.8, 4) is 0 Å². The van der Waals surface area contributed by atoms with E-state index in [1.807, 2.05) is 4.68 Å². The molecular formula is C19H29IN6O. The molecule has 27 heavy (non-hydrogen) atoms. The maximum atomic E-state index is 5.65. The van der Waals surface area contributed by atoms with Crippen molar-refractivity contribution in [2.45, 2.75) is 32.4 Å². The lowest BCUT2D eigenvalue weighted by molar-refractivity contribution is 0.123. The monoisotopic (exact) mass is 484 g/mol. The molecule has 7 nitrogen and oxygen atoms in total. The second-order valence-corrected chi connectivity index (χ2v) is 6.64. The third kappa shape index (κ3) is 8.25. The van der Waals surface area contributed by atoms with Crippen LogP contribution in [0.2, 0.25) is 0 Å². The van der Waals surface area contributed by atoms with Gasteiger partial charge < -0.3 is 15.4 Å². The highest BCUT2D eigenvalue weighted by molar-refractivity contribution is 14.0. The van der Waals surface area contributed by atoms with Gasteiger partial charge in [-0.3, -0.25) is 4.99 Å². The largest absolute Gasteiger partial charge is 0.381 e. The van der Waals surface area contributed by atoms with Gasteiger partial charge in [-0.2, -0.15) is 5.10 Å². The number of rotatable bonds is 10. The second kappa shape index (κ2) is 11.9. The first-order valence-electron chi connectivity index (χ1n) is 9.26. The molecule has 2 N–H and O–H groups in total. The van der Waals surface area contributed by atoms with Crippen LogP contribution in [-0.2, 0) is 17.8 Å². The summed E-state index contributed by atoms with van der Waals surface area (Å²) in [6.07, 6.45) is 6.95. The van der Waals surface area contributed by atoms with E-state index in [4.69, 9.17) is 4.74 Å². The minimum atomic E-state index is 0. The molecule has 0 amide bonds.